The zero-order valence-electron chi connectivity index (χ0n) is 13.8. The Hall–Kier alpha value is -2.10. The second-order valence-corrected chi connectivity index (χ2v) is 6.01. The molecule has 23 heavy (non-hydrogen) atoms. The average molecular weight is 317 g/mol. The lowest BCUT2D eigenvalue weighted by Crippen LogP contribution is -1.99. The number of carboxylic acids is 1. The van der Waals surface area contributed by atoms with Crippen molar-refractivity contribution in [2.24, 2.45) is 0 Å². The molecule has 0 aliphatic heterocycles. The third-order valence-electron chi connectivity index (χ3n) is 4.18. The Kier molecular flexibility index (Phi) is 5.97. The molecule has 1 aromatic heterocycles. The van der Waals surface area contributed by atoms with Crippen molar-refractivity contribution in [2.75, 3.05) is 0 Å². The topological polar surface area (TPSA) is 53.1 Å². The zero-order chi connectivity index (χ0) is 16.8. The maximum Gasteiger partial charge on any atom is 0.355 e. The summed E-state index contributed by atoms with van der Waals surface area (Å²) in [6, 6.07) is 5.96. The Morgan fingerprint density at radius 3 is 2.52 bits per heavy atom. The maximum absolute atomic E-state index is 14.2. The largest absolute Gasteiger partial charge is 0.476 e. The molecular formula is C19H24FNO2. The number of halogens is 1. The van der Waals surface area contributed by atoms with Gasteiger partial charge in [0, 0.05) is 11.8 Å². The highest BCUT2D eigenvalue weighted by atomic mass is 19.1. The number of aromatic amines is 1. The Morgan fingerprint density at radius 1 is 1.17 bits per heavy atom. The molecule has 0 unspecified atom stereocenters. The number of aromatic nitrogens is 1. The van der Waals surface area contributed by atoms with Gasteiger partial charge in [-0.2, -0.15) is 0 Å². The van der Waals surface area contributed by atoms with Gasteiger partial charge in [0.15, 0.2) is 11.5 Å². The molecule has 124 valence electrons. The van der Waals surface area contributed by atoms with Gasteiger partial charge in [-0.25, -0.2) is 9.18 Å². The number of rotatable bonds is 8. The minimum Gasteiger partial charge on any atom is -0.476 e. The summed E-state index contributed by atoms with van der Waals surface area (Å²) in [5, 5.41) is 8.93. The number of aromatic carboxylic acids is 1. The highest BCUT2D eigenvalue weighted by molar-refractivity contribution is 5.88. The molecule has 1 heterocycles. The fraction of sp³-hybridized carbons (Fsp3) is 0.421. The highest BCUT2D eigenvalue weighted by Crippen LogP contribution is 2.29. The monoisotopic (exact) mass is 317 g/mol. The molecule has 0 bridgehead atoms. The van der Waals surface area contributed by atoms with Gasteiger partial charge in [-0.05, 0) is 36.5 Å². The first-order valence-corrected chi connectivity index (χ1v) is 8.24. The van der Waals surface area contributed by atoms with Crippen LogP contribution in [0.3, 0.4) is 0 Å². The van der Waals surface area contributed by atoms with Crippen LogP contribution in [0.5, 0.6) is 0 Å². The van der Waals surface area contributed by atoms with Crippen LogP contribution in [0.25, 0.3) is 11.1 Å². The first kappa shape index (κ1) is 17.3. The molecule has 0 aliphatic carbocycles. The van der Waals surface area contributed by atoms with E-state index in [0.29, 0.717) is 5.56 Å². The van der Waals surface area contributed by atoms with Gasteiger partial charge >= 0.3 is 5.97 Å². The number of benzene rings is 1. The SMILES string of the molecule is CCCCCCCc1ccc(-c2c[nH]c(C(=O)O)c2F)c(C)c1. The van der Waals surface area contributed by atoms with Crippen LogP contribution in [-0.2, 0) is 6.42 Å². The van der Waals surface area contributed by atoms with E-state index in [4.69, 9.17) is 5.11 Å². The van der Waals surface area contributed by atoms with Crippen molar-refractivity contribution in [3.63, 3.8) is 0 Å². The molecule has 3 nitrogen and oxygen atoms in total. The lowest BCUT2D eigenvalue weighted by Gasteiger charge is -2.08. The number of carbonyl (C=O) groups is 1. The third-order valence-corrected chi connectivity index (χ3v) is 4.18. The Balaban J connectivity index is 2.09. The molecule has 0 amide bonds. The second kappa shape index (κ2) is 7.95. The van der Waals surface area contributed by atoms with Crippen LogP contribution in [0.1, 0.15) is 60.6 Å². The Morgan fingerprint density at radius 2 is 1.91 bits per heavy atom. The number of nitrogens with one attached hydrogen (secondary N) is 1. The summed E-state index contributed by atoms with van der Waals surface area (Å²) < 4.78 is 14.2. The number of hydrogen-bond donors (Lipinski definition) is 2. The molecular weight excluding hydrogens is 293 g/mol. The Labute approximate surface area is 136 Å². The summed E-state index contributed by atoms with van der Waals surface area (Å²) in [5.74, 6) is -1.98. The summed E-state index contributed by atoms with van der Waals surface area (Å²) in [6.07, 6.45) is 8.67. The molecule has 0 spiro atoms. The van der Waals surface area contributed by atoms with Crippen molar-refractivity contribution >= 4 is 5.97 Å². The summed E-state index contributed by atoms with van der Waals surface area (Å²) >= 11 is 0. The van der Waals surface area contributed by atoms with Crippen molar-refractivity contribution in [1.82, 2.24) is 4.98 Å². The van der Waals surface area contributed by atoms with Crippen LogP contribution in [0.2, 0.25) is 0 Å². The van der Waals surface area contributed by atoms with Crippen LogP contribution >= 0.6 is 0 Å². The first-order valence-electron chi connectivity index (χ1n) is 8.24. The zero-order valence-corrected chi connectivity index (χ0v) is 13.8. The van der Waals surface area contributed by atoms with Gasteiger partial charge in [-0.1, -0.05) is 50.8 Å². The fourth-order valence-corrected chi connectivity index (χ4v) is 2.87. The standard InChI is InChI=1S/C19H24FNO2/c1-3-4-5-6-7-8-14-9-10-15(13(2)11-14)16-12-21-18(17(16)20)19(22)23/h9-12,21H,3-8H2,1-2H3,(H,22,23). The van der Waals surface area contributed by atoms with E-state index in [1.807, 2.05) is 19.1 Å². The van der Waals surface area contributed by atoms with E-state index in [9.17, 15) is 9.18 Å². The van der Waals surface area contributed by atoms with Crippen molar-refractivity contribution in [2.45, 2.75) is 52.4 Å². The molecule has 1 aromatic carbocycles. The summed E-state index contributed by atoms with van der Waals surface area (Å²) in [5.41, 5.74) is 2.87. The van der Waals surface area contributed by atoms with E-state index in [0.717, 1.165) is 17.5 Å². The third kappa shape index (κ3) is 4.21. The van der Waals surface area contributed by atoms with Gasteiger partial charge in [0.2, 0.25) is 0 Å². The van der Waals surface area contributed by atoms with Crippen LogP contribution in [0.15, 0.2) is 24.4 Å². The minimum atomic E-state index is -1.28. The molecule has 0 atom stereocenters. The first-order chi connectivity index (χ1) is 11.0. The van der Waals surface area contributed by atoms with Gasteiger partial charge in [0.1, 0.15) is 0 Å². The minimum absolute atomic E-state index is 0.314. The lowest BCUT2D eigenvalue weighted by molar-refractivity contribution is 0.0686. The highest BCUT2D eigenvalue weighted by Gasteiger charge is 2.18. The van der Waals surface area contributed by atoms with E-state index < -0.39 is 11.8 Å². The van der Waals surface area contributed by atoms with E-state index in [1.165, 1.54) is 43.9 Å². The average Bonchev–Trinajstić information content (AvgIpc) is 2.89. The van der Waals surface area contributed by atoms with E-state index in [2.05, 4.69) is 18.0 Å². The fourth-order valence-electron chi connectivity index (χ4n) is 2.87. The predicted octanol–water partition coefficient (Wildman–Crippen LogP) is 5.34. The van der Waals surface area contributed by atoms with Crippen LogP contribution in [-0.4, -0.2) is 16.1 Å². The van der Waals surface area contributed by atoms with Crippen molar-refractivity contribution in [3.05, 3.63) is 47.0 Å². The molecule has 4 heteroatoms. The molecule has 0 aliphatic rings. The second-order valence-electron chi connectivity index (χ2n) is 6.01. The number of unbranched alkanes of at least 4 members (excludes halogenated alkanes) is 4. The van der Waals surface area contributed by atoms with Crippen LogP contribution < -0.4 is 0 Å². The lowest BCUT2D eigenvalue weighted by atomic mass is 9.97. The van der Waals surface area contributed by atoms with Gasteiger partial charge in [0.05, 0.1) is 0 Å². The number of H-pyrrole nitrogens is 1. The van der Waals surface area contributed by atoms with Crippen molar-refractivity contribution < 1.29 is 14.3 Å². The summed E-state index contributed by atoms with van der Waals surface area (Å²) in [7, 11) is 0. The van der Waals surface area contributed by atoms with E-state index >= 15 is 0 Å². The maximum atomic E-state index is 14.2. The quantitative estimate of drug-likeness (QED) is 0.646. The molecule has 2 aromatic rings. The number of carboxylic acid groups (broad SMARTS) is 1. The molecule has 2 N–H and O–H groups in total. The molecule has 0 radical (unpaired) electrons. The van der Waals surface area contributed by atoms with Crippen LogP contribution in [0, 0.1) is 12.7 Å². The van der Waals surface area contributed by atoms with Gasteiger partial charge in [-0.3, -0.25) is 0 Å². The van der Waals surface area contributed by atoms with E-state index in [1.54, 1.807) is 0 Å². The molecule has 0 saturated carbocycles. The van der Waals surface area contributed by atoms with Crippen LogP contribution in [0.4, 0.5) is 4.39 Å². The van der Waals surface area contributed by atoms with Crippen molar-refractivity contribution in [1.29, 1.82) is 0 Å². The van der Waals surface area contributed by atoms with Gasteiger partial charge in [0.25, 0.3) is 0 Å². The number of hydrogen-bond acceptors (Lipinski definition) is 1. The van der Waals surface area contributed by atoms with E-state index in [-0.39, 0.29) is 5.69 Å². The summed E-state index contributed by atoms with van der Waals surface area (Å²) in [6.45, 7) is 4.14. The molecule has 2 rings (SSSR count). The van der Waals surface area contributed by atoms with Gasteiger partial charge in [-0.15, -0.1) is 0 Å². The normalized spacial score (nSPS) is 10.9. The summed E-state index contributed by atoms with van der Waals surface area (Å²) in [4.78, 5) is 13.4. The Bertz CT molecular complexity index is 676. The number of aryl methyl sites for hydroxylation is 2. The van der Waals surface area contributed by atoms with Crippen molar-refractivity contribution in [3.8, 4) is 11.1 Å². The molecule has 0 fully saturated rings. The predicted molar refractivity (Wildman–Crippen MR) is 90.3 cm³/mol. The molecule has 0 saturated heterocycles. The van der Waals surface area contributed by atoms with Gasteiger partial charge < -0.3 is 10.1 Å². The smallest absolute Gasteiger partial charge is 0.355 e.